The number of ether oxygens (including phenoxy) is 1. The van der Waals surface area contributed by atoms with E-state index in [1.54, 1.807) is 6.92 Å². The van der Waals surface area contributed by atoms with Crippen LogP contribution in [0, 0.1) is 0 Å². The van der Waals surface area contributed by atoms with Crippen molar-refractivity contribution in [1.82, 2.24) is 24.5 Å². The van der Waals surface area contributed by atoms with Gasteiger partial charge in [0.15, 0.2) is 0 Å². The number of hydrogen-bond acceptors (Lipinski definition) is 11. The molecule has 14 heteroatoms. The highest BCUT2D eigenvalue weighted by atomic mass is 31.2. The molecule has 1 saturated heterocycles. The maximum atomic E-state index is 11.9. The lowest BCUT2D eigenvalue weighted by Crippen LogP contribution is -2.49. The number of carbonyl (C=O) groups excluding carboxylic acids is 3. The van der Waals surface area contributed by atoms with Crippen LogP contribution in [0.15, 0.2) is 0 Å². The van der Waals surface area contributed by atoms with Crippen LogP contribution in [0.1, 0.15) is 6.92 Å². The van der Waals surface area contributed by atoms with E-state index in [4.69, 9.17) is 4.74 Å². The number of aliphatic hydroxyl groups is 1. The predicted octanol–water partition coefficient (Wildman–Crippen LogP) is -2.40. The van der Waals surface area contributed by atoms with E-state index in [1.165, 1.54) is 12.0 Å². The second-order valence-corrected chi connectivity index (χ2v) is 10.3. The number of nitrogens with zero attached hydrogens (tertiary/aromatic N) is 5. The molecule has 0 saturated carbocycles. The Labute approximate surface area is 207 Å². The van der Waals surface area contributed by atoms with E-state index in [0.29, 0.717) is 58.9 Å². The maximum absolute atomic E-state index is 11.9. The molecule has 1 heterocycles. The van der Waals surface area contributed by atoms with Crippen LogP contribution in [-0.2, 0) is 23.7 Å². The SMILES string of the molecule is CCN(CC(O)CN1CCN(CC=O)CCN(CC=O)CCN(CC(=O)OC)CC1)CP(=O)(O)O. The molecule has 0 aromatic rings. The number of β-amino-alcohol motifs (C(OH)–C–C–N with tert-alkyl or cyclic N) is 1. The second-order valence-electron chi connectivity index (χ2n) is 8.72. The topological polar surface area (TPSA) is 154 Å². The Bertz CT molecular complexity index is 682. The molecule has 0 amide bonds. The van der Waals surface area contributed by atoms with Crippen molar-refractivity contribution in [2.75, 3.05) is 105 Å². The molecule has 1 unspecified atom stereocenters. The van der Waals surface area contributed by atoms with Crippen molar-refractivity contribution in [3.05, 3.63) is 0 Å². The van der Waals surface area contributed by atoms with Crippen molar-refractivity contribution in [2.24, 2.45) is 0 Å². The fraction of sp³-hybridized carbons (Fsp3) is 0.857. The van der Waals surface area contributed by atoms with Crippen molar-refractivity contribution >= 4 is 26.1 Å². The van der Waals surface area contributed by atoms with Gasteiger partial charge >= 0.3 is 13.6 Å². The summed E-state index contributed by atoms with van der Waals surface area (Å²) in [4.78, 5) is 62.2. The summed E-state index contributed by atoms with van der Waals surface area (Å²) < 4.78 is 16.2. The van der Waals surface area contributed by atoms with Gasteiger partial charge in [-0.15, -0.1) is 0 Å². The molecule has 3 N–H and O–H groups in total. The fourth-order valence-corrected chi connectivity index (χ4v) is 4.78. The van der Waals surface area contributed by atoms with Gasteiger partial charge in [-0.2, -0.15) is 0 Å². The molecule has 1 fully saturated rings. The van der Waals surface area contributed by atoms with E-state index in [9.17, 15) is 33.8 Å². The van der Waals surface area contributed by atoms with Crippen LogP contribution in [0.2, 0.25) is 0 Å². The number of likely N-dealkylation sites (N-methyl/N-ethyl adjacent to an activating group) is 1. The second kappa shape index (κ2) is 17.2. The van der Waals surface area contributed by atoms with Crippen molar-refractivity contribution in [3.8, 4) is 0 Å². The average molecular weight is 524 g/mol. The summed E-state index contributed by atoms with van der Waals surface area (Å²) in [5.41, 5.74) is 0. The van der Waals surface area contributed by atoms with Crippen LogP contribution >= 0.6 is 7.60 Å². The average Bonchev–Trinajstić information content (AvgIpc) is 2.79. The zero-order valence-corrected chi connectivity index (χ0v) is 21.8. The molecular formula is C21H42N5O8P. The molecule has 1 rings (SSSR count). The molecule has 0 radical (unpaired) electrons. The summed E-state index contributed by atoms with van der Waals surface area (Å²) in [6.07, 6.45) is 0.424. The fourth-order valence-electron chi connectivity index (χ4n) is 3.94. The minimum atomic E-state index is -4.24. The zero-order valence-electron chi connectivity index (χ0n) is 20.9. The summed E-state index contributed by atoms with van der Waals surface area (Å²) in [5.74, 6) is -0.362. The summed E-state index contributed by atoms with van der Waals surface area (Å²) in [6, 6.07) is 0. The lowest BCUT2D eigenvalue weighted by atomic mass is 10.2. The molecule has 0 aliphatic carbocycles. The van der Waals surface area contributed by atoms with Gasteiger partial charge in [0, 0.05) is 65.4 Å². The number of methoxy groups -OCH3 is 1. The number of rotatable bonds is 13. The highest BCUT2D eigenvalue weighted by molar-refractivity contribution is 7.51. The van der Waals surface area contributed by atoms with Gasteiger partial charge in [0.25, 0.3) is 0 Å². The summed E-state index contributed by atoms with van der Waals surface area (Å²) in [7, 11) is -2.90. The van der Waals surface area contributed by atoms with Crippen LogP contribution < -0.4 is 0 Å². The molecule has 204 valence electrons. The minimum absolute atomic E-state index is 0.102. The Morgan fingerprint density at radius 1 is 0.943 bits per heavy atom. The van der Waals surface area contributed by atoms with E-state index >= 15 is 0 Å². The van der Waals surface area contributed by atoms with E-state index in [2.05, 4.69) is 0 Å². The number of hydrogen-bond donors (Lipinski definition) is 3. The normalized spacial score (nSPS) is 19.6. The van der Waals surface area contributed by atoms with Crippen LogP contribution in [-0.4, -0.2) is 169 Å². The summed E-state index contributed by atoms with van der Waals surface area (Å²) in [5, 5.41) is 10.7. The monoisotopic (exact) mass is 523 g/mol. The Kier molecular flexibility index (Phi) is 15.6. The molecule has 1 aliphatic heterocycles. The van der Waals surface area contributed by atoms with Gasteiger partial charge in [0.2, 0.25) is 0 Å². The molecule has 0 bridgehead atoms. The van der Waals surface area contributed by atoms with Gasteiger partial charge in [-0.1, -0.05) is 6.92 Å². The molecule has 0 aromatic heterocycles. The van der Waals surface area contributed by atoms with Gasteiger partial charge in [0.1, 0.15) is 18.9 Å². The molecule has 0 spiro atoms. The Morgan fingerprint density at radius 2 is 1.40 bits per heavy atom. The summed E-state index contributed by atoms with van der Waals surface area (Å²) in [6.45, 7) is 7.63. The molecule has 0 aromatic carbocycles. The molecule has 35 heavy (non-hydrogen) atoms. The van der Waals surface area contributed by atoms with E-state index in [1.807, 2.05) is 19.6 Å². The van der Waals surface area contributed by atoms with E-state index < -0.39 is 20.0 Å². The number of esters is 1. The van der Waals surface area contributed by atoms with Gasteiger partial charge < -0.3 is 29.2 Å². The van der Waals surface area contributed by atoms with Crippen molar-refractivity contribution < 1.29 is 38.6 Å². The minimum Gasteiger partial charge on any atom is -0.468 e. The molecule has 13 nitrogen and oxygen atoms in total. The van der Waals surface area contributed by atoms with Gasteiger partial charge in [-0.05, 0) is 6.54 Å². The highest BCUT2D eigenvalue weighted by Crippen LogP contribution is 2.34. The first-order valence-electron chi connectivity index (χ1n) is 11.9. The molecule has 1 aliphatic rings. The third-order valence-corrected chi connectivity index (χ3v) is 6.71. The largest absolute Gasteiger partial charge is 0.468 e. The smallest absolute Gasteiger partial charge is 0.339 e. The first-order chi connectivity index (χ1) is 16.6. The zero-order chi connectivity index (χ0) is 26.3. The summed E-state index contributed by atoms with van der Waals surface area (Å²) >= 11 is 0. The van der Waals surface area contributed by atoms with Crippen LogP contribution in [0.3, 0.4) is 0 Å². The Balaban J connectivity index is 2.92. The number of carbonyl (C=O) groups is 3. The van der Waals surface area contributed by atoms with Crippen molar-refractivity contribution in [2.45, 2.75) is 13.0 Å². The maximum Gasteiger partial charge on any atom is 0.339 e. The van der Waals surface area contributed by atoms with Crippen LogP contribution in [0.4, 0.5) is 0 Å². The standard InChI is InChI=1S/C21H42N5O8P/c1-3-22(19-35(31,32)33)16-20(29)17-25-8-6-23(12-14-27)4-5-24(13-15-28)7-9-26(11-10-25)18-21(30)34-2/h14-15,20,29H,3-13,16-19H2,1-2H3,(H2,31,32,33). The third kappa shape index (κ3) is 14.8. The van der Waals surface area contributed by atoms with Gasteiger partial charge in [-0.25, -0.2) is 0 Å². The molecule has 1 atom stereocenters. The van der Waals surface area contributed by atoms with E-state index in [0.717, 1.165) is 12.6 Å². The quantitative estimate of drug-likeness (QED) is 0.134. The molecular weight excluding hydrogens is 481 g/mol. The predicted molar refractivity (Wildman–Crippen MR) is 130 cm³/mol. The van der Waals surface area contributed by atoms with Crippen LogP contribution in [0.25, 0.3) is 0 Å². The van der Waals surface area contributed by atoms with Crippen molar-refractivity contribution in [3.63, 3.8) is 0 Å². The number of aliphatic hydroxyl groups excluding tert-OH is 1. The Hall–Kier alpha value is -1.28. The third-order valence-electron chi connectivity index (χ3n) is 5.95. The first-order valence-corrected chi connectivity index (χ1v) is 13.7. The highest BCUT2D eigenvalue weighted by Gasteiger charge is 2.23. The van der Waals surface area contributed by atoms with Crippen molar-refractivity contribution in [1.29, 1.82) is 0 Å². The van der Waals surface area contributed by atoms with Crippen LogP contribution in [0.5, 0.6) is 0 Å². The van der Waals surface area contributed by atoms with E-state index in [-0.39, 0.29) is 38.7 Å². The number of aldehydes is 2. The lowest BCUT2D eigenvalue weighted by Gasteiger charge is -2.34. The van der Waals surface area contributed by atoms with Gasteiger partial charge in [-0.3, -0.25) is 33.9 Å². The lowest BCUT2D eigenvalue weighted by molar-refractivity contribution is -0.142. The Morgan fingerprint density at radius 3 is 1.80 bits per heavy atom. The first kappa shape index (κ1) is 31.7. The van der Waals surface area contributed by atoms with Gasteiger partial charge in [0.05, 0.1) is 32.8 Å².